The van der Waals surface area contributed by atoms with Gasteiger partial charge in [0.05, 0.1) is 29.2 Å². The second kappa shape index (κ2) is 9.92. The number of fused-ring (bicyclic) bond motifs is 1. The quantitative estimate of drug-likeness (QED) is 0.393. The highest BCUT2D eigenvalue weighted by Gasteiger charge is 2.19. The number of allylic oxidation sites excluding steroid dienone is 1. The first-order chi connectivity index (χ1) is 15.7. The maximum atomic E-state index is 12.6. The highest BCUT2D eigenvalue weighted by atomic mass is 16.5. The summed E-state index contributed by atoms with van der Waals surface area (Å²) in [4.78, 5) is 21.5. The minimum Gasteiger partial charge on any atom is -0.491 e. The van der Waals surface area contributed by atoms with Crippen molar-refractivity contribution in [3.05, 3.63) is 103 Å². The van der Waals surface area contributed by atoms with E-state index in [9.17, 15) is 4.79 Å². The van der Waals surface area contributed by atoms with E-state index in [0.717, 1.165) is 34.6 Å². The molecule has 6 heteroatoms. The molecule has 1 unspecified atom stereocenters. The van der Waals surface area contributed by atoms with Gasteiger partial charge in [0.25, 0.3) is 5.91 Å². The van der Waals surface area contributed by atoms with Crippen molar-refractivity contribution in [2.45, 2.75) is 25.9 Å². The molecule has 1 atom stereocenters. The second-order valence-corrected chi connectivity index (χ2v) is 7.50. The Bertz CT molecular complexity index is 1220. The van der Waals surface area contributed by atoms with Gasteiger partial charge in [-0.05, 0) is 49.2 Å². The van der Waals surface area contributed by atoms with Crippen molar-refractivity contribution in [1.82, 2.24) is 19.9 Å². The number of pyridine rings is 1. The first kappa shape index (κ1) is 21.3. The van der Waals surface area contributed by atoms with Crippen molar-refractivity contribution in [2.75, 3.05) is 6.61 Å². The molecule has 2 heterocycles. The van der Waals surface area contributed by atoms with E-state index >= 15 is 0 Å². The van der Waals surface area contributed by atoms with Gasteiger partial charge in [-0.15, -0.1) is 6.58 Å². The largest absolute Gasteiger partial charge is 0.491 e. The Morgan fingerprint density at radius 1 is 1.16 bits per heavy atom. The zero-order valence-corrected chi connectivity index (χ0v) is 18.1. The van der Waals surface area contributed by atoms with Gasteiger partial charge >= 0.3 is 0 Å². The van der Waals surface area contributed by atoms with Crippen LogP contribution in [0.15, 0.2) is 85.7 Å². The third kappa shape index (κ3) is 4.70. The van der Waals surface area contributed by atoms with Gasteiger partial charge < -0.3 is 14.6 Å². The summed E-state index contributed by atoms with van der Waals surface area (Å²) in [5.41, 5.74) is 3.52. The summed E-state index contributed by atoms with van der Waals surface area (Å²) in [7, 11) is 0. The van der Waals surface area contributed by atoms with Crippen LogP contribution in [0.1, 0.15) is 34.7 Å². The normalized spacial score (nSPS) is 11.8. The maximum Gasteiger partial charge on any atom is 0.253 e. The minimum absolute atomic E-state index is 0.182. The fourth-order valence-corrected chi connectivity index (χ4v) is 3.72. The number of nitrogens with one attached hydrogen (secondary N) is 1. The van der Waals surface area contributed by atoms with E-state index in [2.05, 4.69) is 21.4 Å². The number of benzene rings is 2. The van der Waals surface area contributed by atoms with E-state index in [0.29, 0.717) is 18.7 Å². The van der Waals surface area contributed by atoms with Crippen LogP contribution in [-0.4, -0.2) is 27.0 Å². The number of para-hydroxylation sites is 3. The van der Waals surface area contributed by atoms with Gasteiger partial charge in [-0.1, -0.05) is 36.4 Å². The molecular weight excluding hydrogens is 400 g/mol. The summed E-state index contributed by atoms with van der Waals surface area (Å²) in [6.45, 7) is 6.84. The molecule has 32 heavy (non-hydrogen) atoms. The van der Waals surface area contributed by atoms with Crippen molar-refractivity contribution in [3.63, 3.8) is 0 Å². The summed E-state index contributed by atoms with van der Waals surface area (Å²) in [5, 5.41) is 3.03. The number of rotatable bonds is 9. The third-order valence-electron chi connectivity index (χ3n) is 5.25. The van der Waals surface area contributed by atoms with Gasteiger partial charge in [-0.25, -0.2) is 4.98 Å². The Balaban J connectivity index is 1.54. The van der Waals surface area contributed by atoms with Crippen LogP contribution in [0, 0.1) is 0 Å². The highest BCUT2D eigenvalue weighted by molar-refractivity contribution is 5.94. The third-order valence-corrected chi connectivity index (χ3v) is 5.25. The molecule has 0 aliphatic carbocycles. The zero-order valence-electron chi connectivity index (χ0n) is 18.1. The van der Waals surface area contributed by atoms with Crippen LogP contribution in [-0.2, 0) is 13.0 Å². The van der Waals surface area contributed by atoms with Crippen LogP contribution in [0.25, 0.3) is 11.0 Å². The lowest BCUT2D eigenvalue weighted by molar-refractivity contribution is 0.0937. The zero-order chi connectivity index (χ0) is 22.3. The second-order valence-electron chi connectivity index (χ2n) is 7.50. The Kier molecular flexibility index (Phi) is 6.60. The molecule has 162 valence electrons. The number of nitrogens with zero attached hydrogens (tertiary/aromatic N) is 3. The monoisotopic (exact) mass is 426 g/mol. The van der Waals surface area contributed by atoms with Gasteiger partial charge in [0.1, 0.15) is 18.2 Å². The molecule has 1 amide bonds. The topological polar surface area (TPSA) is 69.0 Å². The van der Waals surface area contributed by atoms with Crippen molar-refractivity contribution in [3.8, 4) is 5.75 Å². The molecular formula is C26H26N4O2. The standard InChI is InChI=1S/C26H26N4O2/c1-3-9-20-10-4-7-14-24(20)32-17-16-30-23-13-6-5-12-22(23)29-25(30)19(2)28-26(31)21-11-8-15-27-18-21/h3-8,10-15,18-19H,1,9,16-17H2,2H3,(H,28,31). The molecule has 1 N–H and O–H groups in total. The van der Waals surface area contributed by atoms with E-state index in [-0.39, 0.29) is 11.9 Å². The van der Waals surface area contributed by atoms with Crippen molar-refractivity contribution in [2.24, 2.45) is 0 Å². The molecule has 0 saturated heterocycles. The van der Waals surface area contributed by atoms with E-state index in [1.165, 1.54) is 0 Å². The Labute approximate surface area is 187 Å². The van der Waals surface area contributed by atoms with Gasteiger partial charge in [-0.2, -0.15) is 0 Å². The van der Waals surface area contributed by atoms with Gasteiger partial charge in [0.15, 0.2) is 0 Å². The van der Waals surface area contributed by atoms with E-state index in [1.54, 1.807) is 24.5 Å². The Morgan fingerprint density at radius 3 is 2.78 bits per heavy atom. The number of hydrogen-bond acceptors (Lipinski definition) is 4. The van der Waals surface area contributed by atoms with Crippen molar-refractivity contribution in [1.29, 1.82) is 0 Å². The van der Waals surface area contributed by atoms with Crippen LogP contribution >= 0.6 is 0 Å². The van der Waals surface area contributed by atoms with Crippen LogP contribution in [0.3, 0.4) is 0 Å². The molecule has 6 nitrogen and oxygen atoms in total. The van der Waals surface area contributed by atoms with Gasteiger partial charge in [0, 0.05) is 12.4 Å². The molecule has 0 radical (unpaired) electrons. The first-order valence-corrected chi connectivity index (χ1v) is 10.6. The van der Waals surface area contributed by atoms with Crippen molar-refractivity contribution >= 4 is 16.9 Å². The summed E-state index contributed by atoms with van der Waals surface area (Å²) < 4.78 is 8.22. The molecule has 4 rings (SSSR count). The number of imidazole rings is 1. The summed E-state index contributed by atoms with van der Waals surface area (Å²) in [5.74, 6) is 1.46. The summed E-state index contributed by atoms with van der Waals surface area (Å²) in [6, 6.07) is 19.2. The van der Waals surface area contributed by atoms with Crippen LogP contribution in [0.4, 0.5) is 0 Å². The maximum absolute atomic E-state index is 12.6. The number of carbonyl (C=O) groups excluding carboxylic acids is 1. The number of amides is 1. The molecule has 0 aliphatic heterocycles. The summed E-state index contributed by atoms with van der Waals surface area (Å²) in [6.07, 6.45) is 5.83. The molecule has 0 spiro atoms. The average Bonchev–Trinajstić information content (AvgIpc) is 3.20. The minimum atomic E-state index is -0.289. The molecule has 0 saturated carbocycles. The van der Waals surface area contributed by atoms with Crippen molar-refractivity contribution < 1.29 is 9.53 Å². The number of ether oxygens (including phenoxy) is 1. The first-order valence-electron chi connectivity index (χ1n) is 10.6. The smallest absolute Gasteiger partial charge is 0.253 e. The highest BCUT2D eigenvalue weighted by Crippen LogP contribution is 2.23. The van der Waals surface area contributed by atoms with Crippen LogP contribution in [0.2, 0.25) is 0 Å². The predicted molar refractivity (Wildman–Crippen MR) is 126 cm³/mol. The summed E-state index contributed by atoms with van der Waals surface area (Å²) >= 11 is 0. The molecule has 2 aromatic carbocycles. The Morgan fingerprint density at radius 2 is 1.97 bits per heavy atom. The lowest BCUT2D eigenvalue weighted by Crippen LogP contribution is -2.29. The van der Waals surface area contributed by atoms with Gasteiger partial charge in [0.2, 0.25) is 0 Å². The number of carbonyl (C=O) groups is 1. The average molecular weight is 427 g/mol. The SMILES string of the molecule is C=CCc1ccccc1OCCn1c(C(C)NC(=O)c2cccnc2)nc2ccccc21. The number of aromatic nitrogens is 3. The molecule has 2 aromatic heterocycles. The molecule has 0 aliphatic rings. The fourth-order valence-electron chi connectivity index (χ4n) is 3.72. The lowest BCUT2D eigenvalue weighted by Gasteiger charge is -2.17. The predicted octanol–water partition coefficient (Wildman–Crippen LogP) is 4.73. The van der Waals surface area contributed by atoms with E-state index in [1.807, 2.05) is 61.5 Å². The molecule has 0 fully saturated rings. The van der Waals surface area contributed by atoms with Gasteiger partial charge in [-0.3, -0.25) is 9.78 Å². The fraction of sp³-hybridized carbons (Fsp3) is 0.192. The van der Waals surface area contributed by atoms with E-state index in [4.69, 9.17) is 9.72 Å². The van der Waals surface area contributed by atoms with Crippen LogP contribution < -0.4 is 10.1 Å². The molecule has 4 aromatic rings. The van der Waals surface area contributed by atoms with Crippen LogP contribution in [0.5, 0.6) is 5.75 Å². The lowest BCUT2D eigenvalue weighted by atomic mass is 10.1. The number of hydrogen-bond donors (Lipinski definition) is 1. The molecule has 0 bridgehead atoms. The van der Waals surface area contributed by atoms with E-state index < -0.39 is 0 Å². The Hall–Kier alpha value is -3.93.